The summed E-state index contributed by atoms with van der Waals surface area (Å²) in [7, 11) is 0. The third kappa shape index (κ3) is 9.99. The van der Waals surface area contributed by atoms with Crippen molar-refractivity contribution in [1.29, 1.82) is 0 Å². The molecular weight excluding hydrogens is 460 g/mol. The quantitative estimate of drug-likeness (QED) is 0.112. The number of hydrogen-bond acceptors (Lipinski definition) is 5. The first-order valence-electron chi connectivity index (χ1n) is 14.0. The van der Waals surface area contributed by atoms with E-state index in [1.165, 1.54) is 63.4 Å². The van der Waals surface area contributed by atoms with Crippen LogP contribution in [0.1, 0.15) is 89.7 Å². The van der Waals surface area contributed by atoms with Crippen LogP contribution in [-0.4, -0.2) is 22.0 Å². The Bertz CT molecular complexity index is 1050. The Labute approximate surface area is 222 Å². The topological polar surface area (TPSA) is 61.3 Å². The lowest BCUT2D eigenvalue weighted by atomic mass is 10.1. The maximum Gasteiger partial charge on any atom is 0.352 e. The van der Waals surface area contributed by atoms with Gasteiger partial charge in [-0.05, 0) is 80.1 Å². The molecule has 0 saturated carbocycles. The highest BCUT2D eigenvalue weighted by Gasteiger charge is 2.17. The molecule has 1 atom stereocenters. The lowest BCUT2D eigenvalue weighted by molar-refractivity contribution is -0.141. The zero-order valence-corrected chi connectivity index (χ0v) is 22.7. The minimum absolute atomic E-state index is 0.434. The monoisotopic (exact) mass is 502 g/mol. The van der Waals surface area contributed by atoms with Gasteiger partial charge in [-0.1, -0.05) is 70.9 Å². The van der Waals surface area contributed by atoms with E-state index in [1.807, 2.05) is 36.7 Å². The predicted molar refractivity (Wildman–Crippen MR) is 150 cm³/mol. The van der Waals surface area contributed by atoms with Gasteiger partial charge in [0.1, 0.15) is 11.5 Å². The summed E-state index contributed by atoms with van der Waals surface area (Å²) in [4.78, 5) is 21.6. The van der Waals surface area contributed by atoms with Gasteiger partial charge >= 0.3 is 5.97 Å². The Kier molecular flexibility index (Phi) is 12.1. The Balaban J connectivity index is 1.44. The Morgan fingerprint density at radius 2 is 1.24 bits per heavy atom. The maximum atomic E-state index is 12.6. The third-order valence-electron chi connectivity index (χ3n) is 6.49. The zero-order chi connectivity index (χ0) is 26.3. The highest BCUT2D eigenvalue weighted by Crippen LogP contribution is 2.21. The average Bonchev–Trinajstić information content (AvgIpc) is 2.93. The highest BCUT2D eigenvalue weighted by molar-refractivity contribution is 5.77. The van der Waals surface area contributed by atoms with Crippen molar-refractivity contribution >= 4 is 5.97 Å². The second-order valence-corrected chi connectivity index (χ2v) is 9.74. The fourth-order valence-electron chi connectivity index (χ4n) is 4.18. The molecule has 0 aliphatic heterocycles. The van der Waals surface area contributed by atoms with Crippen LogP contribution in [0.3, 0.4) is 0 Å². The number of carbonyl (C=O) groups excluding carboxylic acids is 1. The number of esters is 1. The van der Waals surface area contributed by atoms with Crippen molar-refractivity contribution < 1.29 is 14.3 Å². The molecule has 0 amide bonds. The predicted octanol–water partition coefficient (Wildman–Crippen LogP) is 8.15. The van der Waals surface area contributed by atoms with Crippen LogP contribution >= 0.6 is 0 Å². The van der Waals surface area contributed by atoms with E-state index < -0.39 is 12.1 Å². The van der Waals surface area contributed by atoms with Crippen LogP contribution in [0.2, 0.25) is 0 Å². The van der Waals surface area contributed by atoms with Crippen LogP contribution in [0.25, 0.3) is 11.4 Å². The van der Waals surface area contributed by atoms with E-state index in [2.05, 4.69) is 35.9 Å². The molecule has 1 heterocycles. The van der Waals surface area contributed by atoms with Crippen LogP contribution in [0.4, 0.5) is 0 Å². The number of rotatable bonds is 16. The fourth-order valence-corrected chi connectivity index (χ4v) is 4.18. The van der Waals surface area contributed by atoms with E-state index in [4.69, 9.17) is 9.47 Å². The minimum atomic E-state index is -0.715. The standard InChI is InChI=1S/C32H42N2O3/c1-4-6-8-10-12-13-26-15-19-29(20-16-26)36-25(3)32(35)37-30-21-17-28(18-22-30)31-33-23-27(24-34-31)14-11-9-7-5-2/h15-25H,4-14H2,1-3H3. The van der Waals surface area contributed by atoms with Gasteiger partial charge in [0.2, 0.25) is 0 Å². The van der Waals surface area contributed by atoms with Crippen molar-refractivity contribution in [3.8, 4) is 22.9 Å². The van der Waals surface area contributed by atoms with E-state index in [1.54, 1.807) is 19.1 Å². The van der Waals surface area contributed by atoms with Gasteiger partial charge in [-0.3, -0.25) is 0 Å². The molecule has 3 aromatic rings. The summed E-state index contributed by atoms with van der Waals surface area (Å²) in [5.74, 6) is 1.36. The molecule has 0 bridgehead atoms. The third-order valence-corrected chi connectivity index (χ3v) is 6.49. The number of nitrogens with zero attached hydrogens (tertiary/aromatic N) is 2. The molecule has 0 saturated heterocycles. The normalized spacial score (nSPS) is 11.8. The zero-order valence-electron chi connectivity index (χ0n) is 22.7. The van der Waals surface area contributed by atoms with Crippen LogP contribution in [0.5, 0.6) is 11.5 Å². The molecule has 5 nitrogen and oxygen atoms in total. The van der Waals surface area contributed by atoms with E-state index in [9.17, 15) is 4.79 Å². The lowest BCUT2D eigenvalue weighted by Crippen LogP contribution is -2.28. The molecule has 2 aromatic carbocycles. The molecule has 1 aromatic heterocycles. The van der Waals surface area contributed by atoms with Crippen LogP contribution in [0.15, 0.2) is 60.9 Å². The summed E-state index contributed by atoms with van der Waals surface area (Å²) in [6.07, 6.45) is 16.5. The maximum absolute atomic E-state index is 12.6. The molecule has 198 valence electrons. The number of aromatic nitrogens is 2. The van der Waals surface area contributed by atoms with E-state index in [-0.39, 0.29) is 0 Å². The average molecular weight is 503 g/mol. The van der Waals surface area contributed by atoms with Crippen LogP contribution in [0, 0.1) is 0 Å². The molecule has 3 rings (SSSR count). The summed E-state index contributed by atoms with van der Waals surface area (Å²) in [5, 5.41) is 0. The highest BCUT2D eigenvalue weighted by atomic mass is 16.6. The smallest absolute Gasteiger partial charge is 0.352 e. The van der Waals surface area contributed by atoms with E-state index >= 15 is 0 Å². The van der Waals surface area contributed by atoms with Crippen molar-refractivity contribution in [2.45, 2.75) is 97.5 Å². The number of ether oxygens (including phenoxy) is 2. The molecule has 0 fully saturated rings. The molecule has 0 N–H and O–H groups in total. The first-order chi connectivity index (χ1) is 18.1. The van der Waals surface area contributed by atoms with Gasteiger partial charge < -0.3 is 9.47 Å². The molecule has 0 aliphatic carbocycles. The van der Waals surface area contributed by atoms with Gasteiger partial charge in [0.15, 0.2) is 11.9 Å². The summed E-state index contributed by atoms with van der Waals surface area (Å²) in [6, 6.07) is 15.3. The Hall–Kier alpha value is -3.21. The number of hydrogen-bond donors (Lipinski definition) is 0. The molecular formula is C32H42N2O3. The van der Waals surface area contributed by atoms with Crippen LogP contribution < -0.4 is 9.47 Å². The largest absolute Gasteiger partial charge is 0.479 e. The number of unbranched alkanes of at least 4 members (excludes halogenated alkanes) is 7. The van der Waals surface area contributed by atoms with Crippen LogP contribution in [-0.2, 0) is 17.6 Å². The molecule has 1 unspecified atom stereocenters. The van der Waals surface area contributed by atoms with Crippen molar-refractivity contribution in [2.24, 2.45) is 0 Å². The van der Waals surface area contributed by atoms with Crippen molar-refractivity contribution in [2.75, 3.05) is 0 Å². The SMILES string of the molecule is CCCCCCCc1ccc(OC(C)C(=O)Oc2ccc(-c3ncc(CCCCCC)cn3)cc2)cc1. The Morgan fingerprint density at radius 1 is 0.703 bits per heavy atom. The number of carbonyl (C=O) groups is 1. The van der Waals surface area contributed by atoms with Gasteiger partial charge in [0.05, 0.1) is 0 Å². The second kappa shape index (κ2) is 15.8. The Morgan fingerprint density at radius 3 is 1.86 bits per heavy atom. The van der Waals surface area contributed by atoms with Crippen molar-refractivity contribution in [1.82, 2.24) is 9.97 Å². The fraction of sp³-hybridized carbons (Fsp3) is 0.469. The molecule has 5 heteroatoms. The van der Waals surface area contributed by atoms with Crippen molar-refractivity contribution in [3.05, 3.63) is 72.1 Å². The van der Waals surface area contributed by atoms with Gasteiger partial charge in [0, 0.05) is 18.0 Å². The molecule has 0 radical (unpaired) electrons. The molecule has 0 aliphatic rings. The van der Waals surface area contributed by atoms with E-state index in [0.717, 1.165) is 24.0 Å². The molecule has 0 spiro atoms. The summed E-state index contributed by atoms with van der Waals surface area (Å²) in [5.41, 5.74) is 3.34. The summed E-state index contributed by atoms with van der Waals surface area (Å²) in [6.45, 7) is 6.15. The van der Waals surface area contributed by atoms with E-state index in [0.29, 0.717) is 17.3 Å². The first kappa shape index (κ1) is 28.4. The second-order valence-electron chi connectivity index (χ2n) is 9.74. The van der Waals surface area contributed by atoms with Crippen molar-refractivity contribution in [3.63, 3.8) is 0 Å². The lowest BCUT2D eigenvalue weighted by Gasteiger charge is -2.14. The minimum Gasteiger partial charge on any atom is -0.479 e. The number of benzene rings is 2. The first-order valence-corrected chi connectivity index (χ1v) is 14.0. The molecule has 37 heavy (non-hydrogen) atoms. The van der Waals surface area contributed by atoms with Gasteiger partial charge in [-0.25, -0.2) is 14.8 Å². The van der Waals surface area contributed by atoms with Gasteiger partial charge in [-0.2, -0.15) is 0 Å². The summed E-state index contributed by atoms with van der Waals surface area (Å²) >= 11 is 0. The number of aryl methyl sites for hydroxylation is 2. The summed E-state index contributed by atoms with van der Waals surface area (Å²) < 4.78 is 11.3. The van der Waals surface area contributed by atoms with Gasteiger partial charge in [0.25, 0.3) is 0 Å². The van der Waals surface area contributed by atoms with Gasteiger partial charge in [-0.15, -0.1) is 0 Å².